The highest BCUT2D eigenvalue weighted by Crippen LogP contribution is 2.31. The average molecular weight is 330 g/mol. The molecule has 0 aliphatic heterocycles. The quantitative estimate of drug-likeness (QED) is 0.900. The Labute approximate surface area is 133 Å². The van der Waals surface area contributed by atoms with E-state index in [0.29, 0.717) is 16.5 Å². The minimum atomic E-state index is -3.21. The van der Waals surface area contributed by atoms with Crippen LogP contribution in [0.15, 0.2) is 24.3 Å². The maximum Gasteiger partial charge on any atom is 0.158 e. The zero-order valence-corrected chi connectivity index (χ0v) is 14.3. The first kappa shape index (κ1) is 16.8. The van der Waals surface area contributed by atoms with Crippen molar-refractivity contribution in [2.45, 2.75) is 50.2 Å². The van der Waals surface area contributed by atoms with Gasteiger partial charge in [0, 0.05) is 11.1 Å². The standard InChI is InChI=1S/C16H24ClNO2S/c1-3-18-15-9-8-12(2)10-16(15)21(19,20)11-13-6-4-5-7-14(13)17/h4-7,12,15-16,18H,3,8-11H2,1-2H3. The van der Waals surface area contributed by atoms with Crippen molar-refractivity contribution in [2.24, 2.45) is 5.92 Å². The minimum Gasteiger partial charge on any atom is -0.313 e. The molecule has 5 heteroatoms. The largest absolute Gasteiger partial charge is 0.313 e. The van der Waals surface area contributed by atoms with Gasteiger partial charge in [-0.1, -0.05) is 43.6 Å². The first-order valence-electron chi connectivity index (χ1n) is 7.62. The van der Waals surface area contributed by atoms with Gasteiger partial charge in [-0.2, -0.15) is 0 Å². The van der Waals surface area contributed by atoms with Gasteiger partial charge in [0.1, 0.15) is 0 Å². The third-order valence-electron chi connectivity index (χ3n) is 4.30. The molecule has 21 heavy (non-hydrogen) atoms. The lowest BCUT2D eigenvalue weighted by Crippen LogP contribution is -2.48. The molecule has 1 aromatic rings. The van der Waals surface area contributed by atoms with Gasteiger partial charge in [0.15, 0.2) is 9.84 Å². The van der Waals surface area contributed by atoms with Crippen LogP contribution in [0.4, 0.5) is 0 Å². The second-order valence-corrected chi connectivity index (χ2v) is 8.65. The smallest absolute Gasteiger partial charge is 0.158 e. The average Bonchev–Trinajstić information content (AvgIpc) is 2.43. The van der Waals surface area contributed by atoms with E-state index in [-0.39, 0.29) is 17.0 Å². The summed E-state index contributed by atoms with van der Waals surface area (Å²) in [5.74, 6) is 0.498. The molecule has 118 valence electrons. The predicted molar refractivity (Wildman–Crippen MR) is 88.3 cm³/mol. The van der Waals surface area contributed by atoms with Crippen molar-refractivity contribution < 1.29 is 8.42 Å². The SMILES string of the molecule is CCNC1CCC(C)CC1S(=O)(=O)Cc1ccccc1Cl. The van der Waals surface area contributed by atoms with Gasteiger partial charge in [-0.15, -0.1) is 0 Å². The highest BCUT2D eigenvalue weighted by molar-refractivity contribution is 7.91. The molecular weight excluding hydrogens is 306 g/mol. The van der Waals surface area contributed by atoms with Gasteiger partial charge < -0.3 is 5.32 Å². The zero-order chi connectivity index (χ0) is 15.5. The number of sulfone groups is 1. The van der Waals surface area contributed by atoms with Gasteiger partial charge in [0.25, 0.3) is 0 Å². The van der Waals surface area contributed by atoms with Crippen molar-refractivity contribution in [1.82, 2.24) is 5.32 Å². The van der Waals surface area contributed by atoms with E-state index in [9.17, 15) is 8.42 Å². The van der Waals surface area contributed by atoms with Gasteiger partial charge in [0.2, 0.25) is 0 Å². The van der Waals surface area contributed by atoms with E-state index in [1.54, 1.807) is 12.1 Å². The molecule has 0 amide bonds. The molecule has 0 heterocycles. The minimum absolute atomic E-state index is 0.0337. The summed E-state index contributed by atoms with van der Waals surface area (Å²) in [5.41, 5.74) is 0.702. The van der Waals surface area contributed by atoms with Crippen molar-refractivity contribution in [2.75, 3.05) is 6.54 Å². The summed E-state index contributed by atoms with van der Waals surface area (Å²) >= 11 is 6.12. The van der Waals surface area contributed by atoms with E-state index in [1.165, 1.54) is 0 Å². The molecule has 3 nitrogen and oxygen atoms in total. The number of hydrogen-bond acceptors (Lipinski definition) is 3. The summed E-state index contributed by atoms with van der Waals surface area (Å²) in [6.45, 7) is 4.97. The summed E-state index contributed by atoms with van der Waals surface area (Å²) < 4.78 is 25.7. The fourth-order valence-electron chi connectivity index (χ4n) is 3.16. The molecule has 1 fully saturated rings. The Hall–Kier alpha value is -0.580. The van der Waals surface area contributed by atoms with E-state index in [1.807, 2.05) is 19.1 Å². The molecule has 1 saturated carbocycles. The van der Waals surface area contributed by atoms with Crippen LogP contribution >= 0.6 is 11.6 Å². The van der Waals surface area contributed by atoms with Crippen molar-refractivity contribution >= 4 is 21.4 Å². The monoisotopic (exact) mass is 329 g/mol. The lowest BCUT2D eigenvalue weighted by Gasteiger charge is -2.35. The Morgan fingerprint density at radius 1 is 1.29 bits per heavy atom. The number of hydrogen-bond donors (Lipinski definition) is 1. The second-order valence-electron chi connectivity index (χ2n) is 6.02. The fraction of sp³-hybridized carbons (Fsp3) is 0.625. The molecule has 1 aliphatic rings. The van der Waals surface area contributed by atoms with Crippen LogP contribution in [0, 0.1) is 5.92 Å². The van der Waals surface area contributed by atoms with Crippen LogP contribution in [-0.4, -0.2) is 26.3 Å². The van der Waals surface area contributed by atoms with Crippen LogP contribution in [0.25, 0.3) is 0 Å². The van der Waals surface area contributed by atoms with Gasteiger partial charge in [-0.25, -0.2) is 8.42 Å². The summed E-state index contributed by atoms with van der Waals surface area (Å²) in [4.78, 5) is 0. The highest BCUT2D eigenvalue weighted by Gasteiger charge is 2.37. The molecule has 1 aliphatic carbocycles. The van der Waals surface area contributed by atoms with Gasteiger partial charge in [-0.3, -0.25) is 0 Å². The number of nitrogens with one attached hydrogen (secondary N) is 1. The van der Waals surface area contributed by atoms with Crippen LogP contribution in [0.2, 0.25) is 5.02 Å². The topological polar surface area (TPSA) is 46.2 Å². The Morgan fingerprint density at radius 3 is 2.67 bits per heavy atom. The molecule has 3 atom stereocenters. The molecule has 0 radical (unpaired) electrons. The molecule has 0 spiro atoms. The van der Waals surface area contributed by atoms with E-state index in [2.05, 4.69) is 12.2 Å². The molecule has 2 rings (SSSR count). The first-order valence-corrected chi connectivity index (χ1v) is 9.71. The molecule has 0 saturated heterocycles. The van der Waals surface area contributed by atoms with E-state index in [0.717, 1.165) is 25.8 Å². The van der Waals surface area contributed by atoms with E-state index >= 15 is 0 Å². The molecule has 3 unspecified atom stereocenters. The maximum absolute atomic E-state index is 12.8. The Morgan fingerprint density at radius 2 is 2.00 bits per heavy atom. The summed E-state index contributed by atoms with van der Waals surface area (Å²) in [5, 5.41) is 3.57. The predicted octanol–water partition coefficient (Wildman–Crippen LogP) is 3.42. The highest BCUT2D eigenvalue weighted by atomic mass is 35.5. The van der Waals surface area contributed by atoms with Crippen molar-refractivity contribution in [1.29, 1.82) is 0 Å². The van der Waals surface area contributed by atoms with Crippen LogP contribution in [0.5, 0.6) is 0 Å². The Bertz CT molecular complexity index is 573. The number of halogens is 1. The zero-order valence-electron chi connectivity index (χ0n) is 12.7. The normalized spacial score (nSPS) is 26.7. The van der Waals surface area contributed by atoms with E-state index in [4.69, 9.17) is 11.6 Å². The summed E-state index contributed by atoms with van der Waals surface area (Å²) in [7, 11) is -3.21. The fourth-order valence-corrected chi connectivity index (χ4v) is 5.70. The molecule has 0 aromatic heterocycles. The molecule has 1 N–H and O–H groups in total. The first-order chi connectivity index (χ1) is 9.94. The Kier molecular flexibility index (Phi) is 5.69. The van der Waals surface area contributed by atoms with Crippen LogP contribution in [0.3, 0.4) is 0 Å². The maximum atomic E-state index is 12.8. The third-order valence-corrected chi connectivity index (χ3v) is 6.82. The lowest BCUT2D eigenvalue weighted by molar-refractivity contribution is 0.311. The summed E-state index contributed by atoms with van der Waals surface area (Å²) in [6, 6.07) is 7.27. The Balaban J connectivity index is 2.21. The molecular formula is C16H24ClNO2S. The lowest BCUT2D eigenvalue weighted by atomic mass is 9.87. The number of benzene rings is 1. The van der Waals surface area contributed by atoms with Crippen LogP contribution < -0.4 is 5.32 Å². The van der Waals surface area contributed by atoms with Crippen molar-refractivity contribution in [3.8, 4) is 0 Å². The molecule has 1 aromatic carbocycles. The third kappa shape index (κ3) is 4.21. The van der Waals surface area contributed by atoms with E-state index < -0.39 is 9.84 Å². The molecule has 0 bridgehead atoms. The van der Waals surface area contributed by atoms with Crippen molar-refractivity contribution in [3.63, 3.8) is 0 Å². The second kappa shape index (κ2) is 7.12. The summed E-state index contributed by atoms with van der Waals surface area (Å²) in [6.07, 6.45) is 2.77. The van der Waals surface area contributed by atoms with Crippen LogP contribution in [0.1, 0.15) is 38.7 Å². The van der Waals surface area contributed by atoms with Crippen molar-refractivity contribution in [3.05, 3.63) is 34.9 Å². The van der Waals surface area contributed by atoms with Gasteiger partial charge >= 0.3 is 0 Å². The van der Waals surface area contributed by atoms with Gasteiger partial charge in [0.05, 0.1) is 11.0 Å². The van der Waals surface area contributed by atoms with Gasteiger partial charge in [-0.05, 0) is 43.4 Å². The van der Waals surface area contributed by atoms with Crippen LogP contribution in [-0.2, 0) is 15.6 Å². The number of rotatable bonds is 5.